The lowest BCUT2D eigenvalue weighted by Crippen LogP contribution is -2.46. The van der Waals surface area contributed by atoms with Crippen molar-refractivity contribution in [3.63, 3.8) is 0 Å². The normalized spacial score (nSPS) is 16.3. The molecule has 1 aromatic carbocycles. The van der Waals surface area contributed by atoms with E-state index in [4.69, 9.17) is 0 Å². The number of hydrogen-bond donors (Lipinski definition) is 3. The number of amides is 2. The molecule has 0 spiro atoms. The van der Waals surface area contributed by atoms with Gasteiger partial charge < -0.3 is 10.6 Å². The highest BCUT2D eigenvalue weighted by molar-refractivity contribution is 7.89. The quantitative estimate of drug-likeness (QED) is 0.507. The molecule has 1 saturated heterocycles. The number of benzene rings is 1. The summed E-state index contributed by atoms with van der Waals surface area (Å²) in [5, 5.41) is 5.39. The molecule has 12 heteroatoms. The van der Waals surface area contributed by atoms with E-state index in [2.05, 4.69) is 15.4 Å². The molecule has 0 atom stereocenters. The van der Waals surface area contributed by atoms with Gasteiger partial charge in [0.05, 0.1) is 11.2 Å². The summed E-state index contributed by atoms with van der Waals surface area (Å²) in [5.41, 5.74) is 0.517. The molecule has 0 unspecified atom stereocenters. The van der Waals surface area contributed by atoms with Gasteiger partial charge in [-0.05, 0) is 37.1 Å². The van der Waals surface area contributed by atoms with Crippen molar-refractivity contribution in [1.82, 2.24) is 14.3 Å². The van der Waals surface area contributed by atoms with Crippen molar-refractivity contribution in [3.05, 3.63) is 24.3 Å². The van der Waals surface area contributed by atoms with Crippen LogP contribution in [0.3, 0.4) is 0 Å². The Hall–Kier alpha value is -2.02. The molecule has 1 aliphatic heterocycles. The predicted octanol–water partition coefficient (Wildman–Crippen LogP) is -0.146. The van der Waals surface area contributed by atoms with E-state index < -0.39 is 20.0 Å². The van der Waals surface area contributed by atoms with Crippen molar-refractivity contribution in [2.75, 3.05) is 31.2 Å². The van der Waals surface area contributed by atoms with E-state index in [1.807, 2.05) is 0 Å². The Kier molecular flexibility index (Phi) is 7.74. The van der Waals surface area contributed by atoms with Gasteiger partial charge in [0.2, 0.25) is 31.9 Å². The minimum Gasteiger partial charge on any atom is -0.353 e. The van der Waals surface area contributed by atoms with Gasteiger partial charge in [0, 0.05) is 44.7 Å². The summed E-state index contributed by atoms with van der Waals surface area (Å²) in [4.78, 5) is 23.1. The molecule has 0 saturated carbocycles. The highest BCUT2D eigenvalue weighted by Gasteiger charge is 2.29. The lowest BCUT2D eigenvalue weighted by Gasteiger charge is -2.31. The summed E-state index contributed by atoms with van der Waals surface area (Å²) < 4.78 is 51.1. The van der Waals surface area contributed by atoms with Crippen LogP contribution in [0.1, 0.15) is 26.2 Å². The topological polar surface area (TPSA) is 142 Å². The Morgan fingerprint density at radius 3 is 2.17 bits per heavy atom. The number of rotatable bonds is 8. The van der Waals surface area contributed by atoms with Crippen LogP contribution in [0.2, 0.25) is 0 Å². The average molecular weight is 447 g/mol. The summed E-state index contributed by atoms with van der Waals surface area (Å²) in [7, 11) is -6.99. The van der Waals surface area contributed by atoms with Crippen LogP contribution in [-0.2, 0) is 29.6 Å². The van der Waals surface area contributed by atoms with Crippen LogP contribution in [0.5, 0.6) is 0 Å². The summed E-state index contributed by atoms with van der Waals surface area (Å²) in [5.74, 6) is -0.521. The standard InChI is InChI=1S/C17H26N4O6S2/c1-13(22)19-14-3-5-16(6-4-14)29(26,27)21-11-8-15(9-12-21)20-17(23)7-10-18-28(2,24)25/h3-6,15,18H,7-12H2,1-2H3,(H,19,22)(H,20,23). The van der Waals surface area contributed by atoms with Crippen molar-refractivity contribution in [3.8, 4) is 0 Å². The molecule has 0 bridgehead atoms. The third-order valence-corrected chi connectivity index (χ3v) is 6.99. The van der Waals surface area contributed by atoms with Crippen LogP contribution in [0.25, 0.3) is 0 Å². The van der Waals surface area contributed by atoms with Gasteiger partial charge in [-0.3, -0.25) is 9.59 Å². The van der Waals surface area contributed by atoms with Crippen molar-refractivity contribution in [2.45, 2.75) is 37.1 Å². The summed E-state index contributed by atoms with van der Waals surface area (Å²) in [6.07, 6.45) is 1.98. The van der Waals surface area contributed by atoms with Crippen LogP contribution in [0.15, 0.2) is 29.2 Å². The SMILES string of the molecule is CC(=O)Nc1ccc(S(=O)(=O)N2CCC(NC(=O)CCNS(C)(=O)=O)CC2)cc1. The van der Waals surface area contributed by atoms with E-state index >= 15 is 0 Å². The summed E-state index contributed by atoms with van der Waals surface area (Å²) >= 11 is 0. The van der Waals surface area contributed by atoms with Crippen LogP contribution in [0.4, 0.5) is 5.69 Å². The zero-order valence-electron chi connectivity index (χ0n) is 16.3. The fourth-order valence-electron chi connectivity index (χ4n) is 2.95. The first kappa shape index (κ1) is 23.3. The molecule has 0 aromatic heterocycles. The Labute approximate surface area is 171 Å². The number of anilines is 1. The van der Waals surface area contributed by atoms with Gasteiger partial charge in [-0.15, -0.1) is 0 Å². The molecular formula is C17H26N4O6S2. The summed E-state index contributed by atoms with van der Waals surface area (Å²) in [6.45, 7) is 1.92. The molecule has 3 N–H and O–H groups in total. The second-order valence-electron chi connectivity index (χ2n) is 6.87. The number of piperidine rings is 1. The molecule has 1 fully saturated rings. The van der Waals surface area contributed by atoms with Crippen molar-refractivity contribution < 1.29 is 26.4 Å². The van der Waals surface area contributed by atoms with E-state index in [1.54, 1.807) is 0 Å². The van der Waals surface area contributed by atoms with Gasteiger partial charge in [0.25, 0.3) is 0 Å². The Morgan fingerprint density at radius 2 is 1.66 bits per heavy atom. The van der Waals surface area contributed by atoms with Crippen LogP contribution >= 0.6 is 0 Å². The maximum absolute atomic E-state index is 12.8. The number of sulfonamides is 2. The number of carbonyl (C=O) groups is 2. The monoisotopic (exact) mass is 446 g/mol. The largest absolute Gasteiger partial charge is 0.353 e. The maximum Gasteiger partial charge on any atom is 0.243 e. The smallest absolute Gasteiger partial charge is 0.243 e. The number of hydrogen-bond acceptors (Lipinski definition) is 6. The average Bonchev–Trinajstić information content (AvgIpc) is 2.61. The van der Waals surface area contributed by atoms with Crippen molar-refractivity contribution in [1.29, 1.82) is 0 Å². The Morgan fingerprint density at radius 1 is 1.07 bits per heavy atom. The third-order valence-electron chi connectivity index (χ3n) is 4.35. The zero-order valence-corrected chi connectivity index (χ0v) is 18.0. The maximum atomic E-state index is 12.8. The van der Waals surface area contributed by atoms with Gasteiger partial charge in [-0.1, -0.05) is 0 Å². The second kappa shape index (κ2) is 9.65. The molecular weight excluding hydrogens is 420 g/mol. The molecule has 1 aliphatic rings. The molecule has 162 valence electrons. The van der Waals surface area contributed by atoms with Gasteiger partial charge in [0.1, 0.15) is 0 Å². The minimum absolute atomic E-state index is 0.0201. The molecule has 1 aromatic rings. The molecule has 2 amide bonds. The molecule has 2 rings (SSSR count). The van der Waals surface area contributed by atoms with Crippen LogP contribution in [0, 0.1) is 0 Å². The summed E-state index contributed by atoms with van der Waals surface area (Å²) in [6, 6.07) is 5.80. The van der Waals surface area contributed by atoms with Crippen LogP contribution < -0.4 is 15.4 Å². The fraction of sp³-hybridized carbons (Fsp3) is 0.529. The zero-order chi connectivity index (χ0) is 21.7. The van der Waals surface area contributed by atoms with Crippen molar-refractivity contribution >= 4 is 37.5 Å². The van der Waals surface area contributed by atoms with E-state index in [1.165, 1.54) is 35.5 Å². The fourth-order valence-corrected chi connectivity index (χ4v) is 4.90. The van der Waals surface area contributed by atoms with E-state index in [0.29, 0.717) is 18.5 Å². The molecule has 29 heavy (non-hydrogen) atoms. The van der Waals surface area contributed by atoms with E-state index in [0.717, 1.165) is 6.26 Å². The van der Waals surface area contributed by atoms with Crippen molar-refractivity contribution in [2.24, 2.45) is 0 Å². The van der Waals surface area contributed by atoms with Gasteiger partial charge in [0.15, 0.2) is 0 Å². The predicted molar refractivity (Wildman–Crippen MR) is 108 cm³/mol. The molecule has 1 heterocycles. The molecule has 0 aliphatic carbocycles. The van der Waals surface area contributed by atoms with E-state index in [-0.39, 0.29) is 48.8 Å². The Balaban J connectivity index is 1.86. The van der Waals surface area contributed by atoms with Crippen LogP contribution in [-0.4, -0.2) is 64.9 Å². The lowest BCUT2D eigenvalue weighted by molar-refractivity contribution is -0.121. The third kappa shape index (κ3) is 7.38. The highest BCUT2D eigenvalue weighted by Crippen LogP contribution is 2.22. The van der Waals surface area contributed by atoms with Gasteiger partial charge in [-0.25, -0.2) is 21.6 Å². The first-order valence-corrected chi connectivity index (χ1v) is 12.4. The molecule has 10 nitrogen and oxygen atoms in total. The number of nitrogens with zero attached hydrogens (tertiary/aromatic N) is 1. The molecule has 0 radical (unpaired) electrons. The minimum atomic E-state index is -3.66. The highest BCUT2D eigenvalue weighted by atomic mass is 32.2. The number of nitrogens with one attached hydrogen (secondary N) is 3. The Bertz CT molecular complexity index is 937. The van der Waals surface area contributed by atoms with Gasteiger partial charge in [-0.2, -0.15) is 4.31 Å². The number of carbonyl (C=O) groups excluding carboxylic acids is 2. The second-order valence-corrected chi connectivity index (χ2v) is 10.6. The lowest BCUT2D eigenvalue weighted by atomic mass is 10.1. The first-order valence-electron chi connectivity index (χ1n) is 9.09. The van der Waals surface area contributed by atoms with E-state index in [9.17, 15) is 26.4 Å². The van der Waals surface area contributed by atoms with Gasteiger partial charge >= 0.3 is 0 Å². The first-order chi connectivity index (χ1) is 13.5.